The molecule has 0 saturated carbocycles. The predicted molar refractivity (Wildman–Crippen MR) is 179 cm³/mol. The summed E-state index contributed by atoms with van der Waals surface area (Å²) in [5.41, 5.74) is 3.29. The summed E-state index contributed by atoms with van der Waals surface area (Å²) in [4.78, 5) is 14.8. The van der Waals surface area contributed by atoms with Crippen molar-refractivity contribution in [1.82, 2.24) is 0 Å². The maximum Gasteiger partial charge on any atom is 0.337 e. The van der Waals surface area contributed by atoms with Gasteiger partial charge >= 0.3 is 5.97 Å². The zero-order chi connectivity index (χ0) is 33.8. The van der Waals surface area contributed by atoms with Crippen molar-refractivity contribution in [2.75, 3.05) is 51.2 Å². The molecule has 1 aliphatic carbocycles. The van der Waals surface area contributed by atoms with Gasteiger partial charge in [0.1, 0.15) is 11.9 Å². The minimum Gasteiger partial charge on any atom is -0.490 e. The van der Waals surface area contributed by atoms with Crippen LogP contribution in [-0.4, -0.2) is 79.0 Å². The van der Waals surface area contributed by atoms with Gasteiger partial charge in [-0.2, -0.15) is 0 Å². The van der Waals surface area contributed by atoms with Gasteiger partial charge in [0, 0.05) is 49.6 Å². The van der Waals surface area contributed by atoms with Crippen LogP contribution in [0.4, 0.5) is 10.1 Å². The number of halogens is 2. The predicted octanol–water partition coefficient (Wildman–Crippen LogP) is 5.07. The second-order valence-electron chi connectivity index (χ2n) is 13.1. The Hall–Kier alpha value is -2.88. The van der Waals surface area contributed by atoms with E-state index in [-0.39, 0.29) is 23.0 Å². The Labute approximate surface area is 282 Å². The van der Waals surface area contributed by atoms with Gasteiger partial charge < -0.3 is 23.8 Å². The monoisotopic (exact) mass is 690 g/mol. The van der Waals surface area contributed by atoms with Crippen molar-refractivity contribution in [3.05, 3.63) is 58.1 Å². The third-order valence-electron chi connectivity index (χ3n) is 9.58. The van der Waals surface area contributed by atoms with Crippen LogP contribution in [0.2, 0.25) is 5.02 Å². The van der Waals surface area contributed by atoms with E-state index in [0.717, 1.165) is 24.9 Å². The Kier molecular flexibility index (Phi) is 11.4. The van der Waals surface area contributed by atoms with Gasteiger partial charge in [0.05, 0.1) is 36.8 Å². The summed E-state index contributed by atoms with van der Waals surface area (Å²) in [5.74, 6) is 5.32. The molecule has 3 aliphatic rings. The van der Waals surface area contributed by atoms with Crippen LogP contribution >= 0.6 is 11.6 Å². The minimum atomic E-state index is -3.58. The fourth-order valence-corrected chi connectivity index (χ4v) is 8.48. The second kappa shape index (κ2) is 15.1. The number of aryl methyl sites for hydroxylation is 1. The number of hydrogen-bond donors (Lipinski definition) is 1. The molecule has 12 heteroatoms. The molecule has 2 heterocycles. The molecule has 2 aromatic rings. The number of rotatable bonds is 10. The van der Waals surface area contributed by atoms with E-state index in [1.165, 1.54) is 25.3 Å². The average Bonchev–Trinajstić information content (AvgIpc) is 3.42. The number of methoxy groups -OCH3 is 2. The lowest BCUT2D eigenvalue weighted by molar-refractivity contribution is -0.0646. The number of alkyl halides is 1. The van der Waals surface area contributed by atoms with Crippen LogP contribution in [-0.2, 0) is 36.1 Å². The van der Waals surface area contributed by atoms with Crippen molar-refractivity contribution in [2.24, 2.45) is 17.0 Å². The van der Waals surface area contributed by atoms with Crippen LogP contribution in [0.25, 0.3) is 0 Å². The van der Waals surface area contributed by atoms with E-state index in [1.54, 1.807) is 13.0 Å². The van der Waals surface area contributed by atoms with Crippen molar-refractivity contribution in [3.8, 4) is 17.6 Å². The van der Waals surface area contributed by atoms with Gasteiger partial charge in [0.2, 0.25) is 10.0 Å². The average molecular weight is 691 g/mol. The molecular weight excluding hydrogens is 647 g/mol. The molecular formula is C35H44ClFN2O7S. The minimum absolute atomic E-state index is 0.104. The molecule has 1 spiro atoms. The summed E-state index contributed by atoms with van der Waals surface area (Å²) in [7, 11) is -0.761. The summed E-state index contributed by atoms with van der Waals surface area (Å²) in [5, 5.41) is 5.84. The van der Waals surface area contributed by atoms with Crippen LogP contribution in [0, 0.1) is 23.7 Å². The number of carbonyl (C=O) groups excluding carboxylic acids is 1. The molecule has 2 aliphatic heterocycles. The van der Waals surface area contributed by atoms with Gasteiger partial charge in [0.25, 0.3) is 0 Å². The highest BCUT2D eigenvalue weighted by Gasteiger charge is 2.45. The Morgan fingerprint density at radius 1 is 1.26 bits per heavy atom. The van der Waals surface area contributed by atoms with E-state index in [0.29, 0.717) is 61.9 Å². The zero-order valence-corrected chi connectivity index (χ0v) is 28.7. The van der Waals surface area contributed by atoms with Gasteiger partial charge in [-0.1, -0.05) is 30.5 Å². The number of sulfonamides is 1. The van der Waals surface area contributed by atoms with Crippen molar-refractivity contribution in [3.63, 3.8) is 0 Å². The number of esters is 1. The fourth-order valence-electron chi connectivity index (χ4n) is 7.33. The molecule has 2 N–H and O–H groups in total. The number of ether oxygens (including phenoxy) is 4. The number of anilines is 1. The van der Waals surface area contributed by atoms with Crippen LogP contribution < -0.4 is 14.8 Å². The van der Waals surface area contributed by atoms with E-state index in [2.05, 4.69) is 22.8 Å². The van der Waals surface area contributed by atoms with Crippen molar-refractivity contribution >= 4 is 33.3 Å². The summed E-state index contributed by atoms with van der Waals surface area (Å²) >= 11 is 6.40. The lowest BCUT2D eigenvalue weighted by Gasteiger charge is -2.42. The molecule has 2 aromatic carbocycles. The molecule has 0 aromatic heterocycles. The molecule has 1 fully saturated rings. The van der Waals surface area contributed by atoms with Gasteiger partial charge in [-0.25, -0.2) is 22.7 Å². The highest BCUT2D eigenvalue weighted by Crippen LogP contribution is 2.45. The Morgan fingerprint density at radius 2 is 2.06 bits per heavy atom. The Balaban J connectivity index is 1.40. The molecule has 0 amide bonds. The fraction of sp³-hybridized carbons (Fsp3) is 0.571. The highest BCUT2D eigenvalue weighted by atomic mass is 35.5. The molecule has 0 bridgehead atoms. The molecule has 9 nitrogen and oxygen atoms in total. The quantitative estimate of drug-likeness (QED) is 0.272. The molecule has 0 radical (unpaired) electrons. The van der Waals surface area contributed by atoms with Crippen LogP contribution in [0.3, 0.4) is 0 Å². The maximum atomic E-state index is 15.6. The topological polar surface area (TPSA) is 117 Å². The summed E-state index contributed by atoms with van der Waals surface area (Å²) in [6, 6.07) is 11.4. The number of nitrogens with two attached hydrogens (primary N) is 1. The van der Waals surface area contributed by atoms with Crippen LogP contribution in [0.15, 0.2) is 36.4 Å². The standard InChI is InChI=1S/C35H44ClFN2O7S/c1-23(20-47(38,41)42)7-4-5-9-29(37)33(43-2)32-26(14-16-45-32)19-39-21-35(15-6-8-24-17-27(36)11-12-28(24)35)22-46-31-13-10-25(18-30(31)39)34(40)44-3/h10-13,17-18,23,26,29,32-33H,4,6-8,14-16,19-22H2,1-3H3,(H2,38,41,42)/t23-,26-,29?,32+,33?,35-/m0/s1. The van der Waals surface area contributed by atoms with Gasteiger partial charge in [0.15, 0.2) is 6.17 Å². The Morgan fingerprint density at radius 3 is 2.81 bits per heavy atom. The lowest BCUT2D eigenvalue weighted by atomic mass is 9.70. The summed E-state index contributed by atoms with van der Waals surface area (Å²) < 4.78 is 61.7. The number of hydrogen-bond acceptors (Lipinski definition) is 8. The summed E-state index contributed by atoms with van der Waals surface area (Å²) in [6.07, 6.45) is 1.26. The van der Waals surface area contributed by atoms with Crippen molar-refractivity contribution in [2.45, 2.75) is 69.2 Å². The van der Waals surface area contributed by atoms with E-state index < -0.39 is 34.4 Å². The molecule has 6 atom stereocenters. The summed E-state index contributed by atoms with van der Waals surface area (Å²) in [6.45, 7) is 3.83. The van der Waals surface area contributed by atoms with Crippen molar-refractivity contribution in [1.29, 1.82) is 0 Å². The molecule has 1 saturated heterocycles. The number of carbonyl (C=O) groups is 1. The van der Waals surface area contributed by atoms with Gasteiger partial charge in [-0.15, -0.1) is 5.92 Å². The Bertz CT molecular complexity index is 1610. The molecule has 47 heavy (non-hydrogen) atoms. The first kappa shape index (κ1) is 35.4. The third kappa shape index (κ3) is 8.41. The maximum absolute atomic E-state index is 15.6. The number of benzene rings is 2. The lowest BCUT2D eigenvalue weighted by Crippen LogP contribution is -2.49. The largest absolute Gasteiger partial charge is 0.490 e. The second-order valence-corrected chi connectivity index (χ2v) is 15.2. The number of fused-ring (bicyclic) bond motifs is 3. The molecule has 2 unspecified atom stereocenters. The van der Waals surface area contributed by atoms with Crippen molar-refractivity contribution < 1.29 is 36.6 Å². The molecule has 256 valence electrons. The zero-order valence-electron chi connectivity index (χ0n) is 27.2. The van der Waals surface area contributed by atoms with E-state index in [4.69, 9.17) is 35.7 Å². The van der Waals surface area contributed by atoms with Crippen LogP contribution in [0.5, 0.6) is 5.75 Å². The first-order valence-electron chi connectivity index (χ1n) is 16.1. The molecule has 5 rings (SSSR count). The SMILES string of the molecule is COC(=O)c1ccc2c(c1)N(C[C@@H]1CCO[C@H]1C(OC)C(F)C#CCC[C@H](C)CS(N)(=O)=O)C[C@@]1(CCCc3cc(Cl)ccc31)CO2. The number of nitrogens with zero attached hydrogens (tertiary/aromatic N) is 1. The first-order chi connectivity index (χ1) is 22.4. The first-order valence-corrected chi connectivity index (χ1v) is 18.2. The van der Waals surface area contributed by atoms with E-state index in [1.807, 2.05) is 24.3 Å². The van der Waals surface area contributed by atoms with Gasteiger partial charge in [-0.3, -0.25) is 0 Å². The van der Waals surface area contributed by atoms with E-state index >= 15 is 4.39 Å². The van der Waals surface area contributed by atoms with Crippen LogP contribution in [0.1, 0.15) is 60.5 Å². The number of primary sulfonamides is 1. The van der Waals surface area contributed by atoms with E-state index in [9.17, 15) is 13.2 Å². The smallest absolute Gasteiger partial charge is 0.337 e. The normalized spacial score (nSPS) is 24.2. The third-order valence-corrected chi connectivity index (χ3v) is 10.8. The highest BCUT2D eigenvalue weighted by molar-refractivity contribution is 7.89. The van der Waals surface area contributed by atoms with Gasteiger partial charge in [-0.05, 0) is 79.5 Å².